The number of ether oxygens (including phenoxy) is 1. The van der Waals surface area contributed by atoms with Gasteiger partial charge in [0.2, 0.25) is 17.7 Å². The molecular weight excluding hydrogens is 520 g/mol. The van der Waals surface area contributed by atoms with Gasteiger partial charge in [-0.2, -0.15) is 0 Å². The number of nitrogens with one attached hydrogen (secondary N) is 1. The van der Waals surface area contributed by atoms with Gasteiger partial charge in [-0.3, -0.25) is 19.3 Å². The molecule has 234 valence electrons. The summed E-state index contributed by atoms with van der Waals surface area (Å²) >= 11 is 0. The average Bonchev–Trinajstić information content (AvgIpc) is 3.37. The van der Waals surface area contributed by atoms with Crippen molar-refractivity contribution in [1.29, 1.82) is 0 Å². The highest BCUT2D eigenvalue weighted by atomic mass is 16.6. The van der Waals surface area contributed by atoms with E-state index in [1.165, 1.54) is 0 Å². The van der Waals surface area contributed by atoms with Crippen molar-refractivity contribution >= 4 is 23.7 Å². The van der Waals surface area contributed by atoms with E-state index >= 15 is 0 Å². The summed E-state index contributed by atoms with van der Waals surface area (Å²) in [6.07, 6.45) is 6.01. The van der Waals surface area contributed by atoms with E-state index in [1.54, 1.807) is 23.8 Å². The lowest BCUT2D eigenvalue weighted by molar-refractivity contribution is -0.162. The highest BCUT2D eigenvalue weighted by Gasteiger charge is 2.39. The molecule has 2 heterocycles. The van der Waals surface area contributed by atoms with Crippen LogP contribution in [0.25, 0.3) is 0 Å². The van der Waals surface area contributed by atoms with Gasteiger partial charge in [0.25, 0.3) is 0 Å². The monoisotopic (exact) mass is 576 g/mol. The number of hydrogen-bond acceptors (Lipinski definition) is 6. The first-order chi connectivity index (χ1) is 19.0. The topological polar surface area (TPSA) is 99.3 Å². The predicted molar refractivity (Wildman–Crippen MR) is 162 cm³/mol. The molecule has 0 aromatic rings. The number of rotatable bonds is 10. The second-order valence-corrected chi connectivity index (χ2v) is 13.8. The molecule has 4 atom stereocenters. The molecule has 0 aromatic carbocycles. The van der Waals surface area contributed by atoms with Crippen LogP contribution < -0.4 is 5.32 Å². The Morgan fingerprint density at radius 2 is 1.51 bits per heavy atom. The SMILES string of the molecule is CC(=C[C@H](C(C)C)N(C)C(=O)[C@@H](NC(=O)[C@H]1CCCCN1C(C)C)C(C)C)C(=O)N1CCC[C@H]1C(=O)OC(C)(C)C. The fraction of sp³-hybridized carbons (Fsp3) is 0.812. The van der Waals surface area contributed by atoms with Gasteiger partial charge in [0.05, 0.1) is 12.1 Å². The highest BCUT2D eigenvalue weighted by Crippen LogP contribution is 2.25. The van der Waals surface area contributed by atoms with Gasteiger partial charge in [-0.05, 0) is 85.6 Å². The van der Waals surface area contributed by atoms with E-state index in [9.17, 15) is 19.2 Å². The van der Waals surface area contributed by atoms with Crippen molar-refractivity contribution in [3.63, 3.8) is 0 Å². The summed E-state index contributed by atoms with van der Waals surface area (Å²) in [6.45, 7) is 20.7. The zero-order valence-electron chi connectivity index (χ0n) is 27.5. The molecule has 0 unspecified atom stereocenters. The van der Waals surface area contributed by atoms with Gasteiger partial charge < -0.3 is 19.9 Å². The summed E-state index contributed by atoms with van der Waals surface area (Å²) in [5.41, 5.74) is -0.143. The summed E-state index contributed by atoms with van der Waals surface area (Å²) in [4.78, 5) is 59.1. The molecule has 2 aliphatic heterocycles. The van der Waals surface area contributed by atoms with E-state index in [2.05, 4.69) is 24.1 Å². The first-order valence-electron chi connectivity index (χ1n) is 15.5. The van der Waals surface area contributed by atoms with E-state index < -0.39 is 17.7 Å². The number of piperidine rings is 1. The molecule has 9 heteroatoms. The number of hydrogen-bond donors (Lipinski definition) is 1. The number of likely N-dealkylation sites (tertiary alicyclic amines) is 2. The normalized spacial score (nSPS) is 22.2. The third-order valence-corrected chi connectivity index (χ3v) is 8.17. The summed E-state index contributed by atoms with van der Waals surface area (Å²) in [6, 6.07) is -1.63. The molecule has 1 N–H and O–H groups in total. The number of nitrogens with zero attached hydrogens (tertiary/aromatic N) is 3. The van der Waals surface area contributed by atoms with E-state index in [1.807, 2.05) is 54.5 Å². The van der Waals surface area contributed by atoms with Crippen molar-refractivity contribution in [2.45, 2.75) is 137 Å². The van der Waals surface area contributed by atoms with Crippen LogP contribution in [0.1, 0.15) is 101 Å². The van der Waals surface area contributed by atoms with Gasteiger partial charge >= 0.3 is 5.97 Å². The fourth-order valence-corrected chi connectivity index (χ4v) is 5.91. The number of likely N-dealkylation sites (N-methyl/N-ethyl adjacent to an activating group) is 1. The van der Waals surface area contributed by atoms with Crippen molar-refractivity contribution in [3.8, 4) is 0 Å². The molecule has 0 saturated carbocycles. The zero-order chi connectivity index (χ0) is 31.2. The number of amides is 3. The Morgan fingerprint density at radius 1 is 0.902 bits per heavy atom. The predicted octanol–water partition coefficient (Wildman–Crippen LogP) is 4.15. The van der Waals surface area contributed by atoms with E-state index in [0.29, 0.717) is 18.5 Å². The molecule has 2 saturated heterocycles. The molecule has 0 aromatic heterocycles. The molecule has 3 amide bonds. The van der Waals surface area contributed by atoms with Crippen LogP contribution in [0, 0.1) is 11.8 Å². The third-order valence-electron chi connectivity index (χ3n) is 8.17. The van der Waals surface area contributed by atoms with Crippen LogP contribution in [0.5, 0.6) is 0 Å². The Kier molecular flexibility index (Phi) is 12.4. The number of esters is 1. The first kappa shape index (κ1) is 34.8. The minimum Gasteiger partial charge on any atom is -0.458 e. The highest BCUT2D eigenvalue weighted by molar-refractivity contribution is 5.96. The summed E-state index contributed by atoms with van der Waals surface area (Å²) in [5, 5.41) is 3.08. The van der Waals surface area contributed by atoms with Crippen molar-refractivity contribution in [1.82, 2.24) is 20.0 Å². The van der Waals surface area contributed by atoms with Gasteiger partial charge in [-0.1, -0.05) is 40.2 Å². The Labute approximate surface area is 248 Å². The Hall–Kier alpha value is -2.42. The zero-order valence-corrected chi connectivity index (χ0v) is 27.5. The lowest BCUT2D eigenvalue weighted by atomic mass is 9.95. The molecule has 0 spiro atoms. The van der Waals surface area contributed by atoms with Crippen LogP contribution in [-0.4, -0.2) is 94.3 Å². The van der Waals surface area contributed by atoms with Crippen LogP contribution in [-0.2, 0) is 23.9 Å². The minimum absolute atomic E-state index is 0.0187. The van der Waals surface area contributed by atoms with Gasteiger partial charge in [0, 0.05) is 25.2 Å². The van der Waals surface area contributed by atoms with Gasteiger partial charge in [-0.25, -0.2) is 4.79 Å². The fourth-order valence-electron chi connectivity index (χ4n) is 5.91. The number of carbonyl (C=O) groups excluding carboxylic acids is 4. The molecule has 0 bridgehead atoms. The molecule has 41 heavy (non-hydrogen) atoms. The maximum Gasteiger partial charge on any atom is 0.329 e. The summed E-state index contributed by atoms with van der Waals surface area (Å²) in [5.74, 6) is -0.959. The molecule has 2 fully saturated rings. The lowest BCUT2D eigenvalue weighted by Crippen LogP contribution is -2.58. The average molecular weight is 577 g/mol. The van der Waals surface area contributed by atoms with Gasteiger partial charge in [0.1, 0.15) is 17.7 Å². The maximum atomic E-state index is 13.9. The molecule has 9 nitrogen and oxygen atoms in total. The first-order valence-corrected chi connectivity index (χ1v) is 15.5. The second kappa shape index (κ2) is 14.7. The quantitative estimate of drug-likeness (QED) is 0.310. The van der Waals surface area contributed by atoms with Crippen molar-refractivity contribution in [2.75, 3.05) is 20.1 Å². The summed E-state index contributed by atoms with van der Waals surface area (Å²) < 4.78 is 5.57. The standard InChI is InChI=1S/C32H56N4O5/c1-20(2)26(19-23(7)29(38)36-18-14-16-25(36)31(40)41-32(8,9)10)34(11)30(39)27(21(3)4)33-28(37)24-15-12-13-17-35(24)22(5)6/h19-22,24-27H,12-18H2,1-11H3,(H,33,37)/t24-,25+,26-,27+/m1/s1. The Morgan fingerprint density at radius 3 is 2.05 bits per heavy atom. The van der Waals surface area contributed by atoms with E-state index in [0.717, 1.165) is 32.2 Å². The van der Waals surface area contributed by atoms with Crippen molar-refractivity contribution in [3.05, 3.63) is 11.6 Å². The summed E-state index contributed by atoms with van der Waals surface area (Å²) in [7, 11) is 1.74. The van der Waals surface area contributed by atoms with Gasteiger partial charge in [0.15, 0.2) is 0 Å². The number of carbonyl (C=O) groups is 4. The van der Waals surface area contributed by atoms with Crippen LogP contribution in [0.4, 0.5) is 0 Å². The smallest absolute Gasteiger partial charge is 0.329 e. The van der Waals surface area contributed by atoms with Crippen molar-refractivity contribution in [2.24, 2.45) is 11.8 Å². The molecule has 2 rings (SSSR count). The third kappa shape index (κ3) is 9.29. The molecule has 2 aliphatic rings. The van der Waals surface area contributed by atoms with Crippen LogP contribution >= 0.6 is 0 Å². The van der Waals surface area contributed by atoms with Crippen LogP contribution in [0.3, 0.4) is 0 Å². The van der Waals surface area contributed by atoms with Crippen LogP contribution in [0.15, 0.2) is 11.6 Å². The molecular formula is C32H56N4O5. The Balaban J connectivity index is 2.22. The molecule has 0 aliphatic carbocycles. The van der Waals surface area contributed by atoms with E-state index in [-0.39, 0.29) is 53.7 Å². The largest absolute Gasteiger partial charge is 0.458 e. The van der Waals surface area contributed by atoms with E-state index in [4.69, 9.17) is 4.74 Å². The lowest BCUT2D eigenvalue weighted by Gasteiger charge is -2.39. The van der Waals surface area contributed by atoms with Crippen molar-refractivity contribution < 1.29 is 23.9 Å². The van der Waals surface area contributed by atoms with Gasteiger partial charge in [-0.15, -0.1) is 0 Å². The maximum absolute atomic E-state index is 13.9. The minimum atomic E-state index is -0.677. The Bertz CT molecular complexity index is 968. The second-order valence-electron chi connectivity index (χ2n) is 13.8. The van der Waals surface area contributed by atoms with Crippen LogP contribution in [0.2, 0.25) is 0 Å². The molecule has 0 radical (unpaired) electrons.